The third-order valence-electron chi connectivity index (χ3n) is 5.44. The summed E-state index contributed by atoms with van der Waals surface area (Å²) in [7, 11) is 0. The van der Waals surface area contributed by atoms with Crippen LogP contribution in [0.2, 0.25) is 5.02 Å². The second kappa shape index (κ2) is 9.66. The minimum Gasteiger partial charge on any atom is -0.328 e. The van der Waals surface area contributed by atoms with Crippen LogP contribution in [0.4, 0.5) is 11.6 Å². The lowest BCUT2D eigenvalue weighted by atomic mass is 10.0. The zero-order valence-electron chi connectivity index (χ0n) is 18.6. The van der Waals surface area contributed by atoms with Gasteiger partial charge in [-0.1, -0.05) is 59.3 Å². The number of benzene rings is 2. The molecule has 0 fully saturated rings. The van der Waals surface area contributed by atoms with Crippen molar-refractivity contribution in [3.05, 3.63) is 98.3 Å². The molecule has 6 nitrogen and oxygen atoms in total. The van der Waals surface area contributed by atoms with Crippen molar-refractivity contribution in [2.24, 2.45) is 0 Å². The van der Waals surface area contributed by atoms with E-state index in [1.165, 1.54) is 11.1 Å². The number of amides is 1. The highest BCUT2D eigenvalue weighted by Crippen LogP contribution is 2.38. The molecule has 1 aliphatic heterocycles. The average molecular weight is 508 g/mol. The van der Waals surface area contributed by atoms with Crippen molar-refractivity contribution in [2.75, 3.05) is 10.6 Å². The van der Waals surface area contributed by atoms with Crippen LogP contribution in [-0.4, -0.2) is 20.7 Å². The maximum atomic E-state index is 13.4. The van der Waals surface area contributed by atoms with Gasteiger partial charge >= 0.3 is 0 Å². The number of thiophene rings is 1. The molecule has 0 aliphatic carbocycles. The van der Waals surface area contributed by atoms with E-state index in [2.05, 4.69) is 41.8 Å². The summed E-state index contributed by atoms with van der Waals surface area (Å²) in [4.78, 5) is 19.2. The summed E-state index contributed by atoms with van der Waals surface area (Å²) in [6, 6.07) is 19.1. The van der Waals surface area contributed by atoms with Gasteiger partial charge in [-0.2, -0.15) is 4.98 Å². The number of carbonyl (C=O) groups excluding carboxylic acids is 1. The number of hydrogen-bond acceptors (Lipinski definition) is 6. The molecule has 0 bridgehead atoms. The highest BCUT2D eigenvalue weighted by molar-refractivity contribution is 7.98. The summed E-state index contributed by atoms with van der Waals surface area (Å²) in [5.74, 6) is 1.21. The highest BCUT2D eigenvalue weighted by Gasteiger charge is 2.35. The van der Waals surface area contributed by atoms with Crippen molar-refractivity contribution in [2.45, 2.75) is 30.8 Å². The van der Waals surface area contributed by atoms with Crippen molar-refractivity contribution < 1.29 is 4.79 Å². The van der Waals surface area contributed by atoms with Crippen LogP contribution in [0.15, 0.2) is 82.5 Å². The van der Waals surface area contributed by atoms with Crippen LogP contribution in [0.25, 0.3) is 0 Å². The number of nitrogens with one attached hydrogen (secondary N) is 2. The number of thioether (sulfide) groups is 1. The molecule has 0 unspecified atom stereocenters. The molecule has 3 heterocycles. The van der Waals surface area contributed by atoms with Gasteiger partial charge in [0.25, 0.3) is 5.91 Å². The van der Waals surface area contributed by atoms with Crippen LogP contribution in [-0.2, 0) is 10.5 Å². The number of aromatic nitrogens is 3. The summed E-state index contributed by atoms with van der Waals surface area (Å²) in [5.41, 5.74) is 4.48. The van der Waals surface area contributed by atoms with Gasteiger partial charge in [-0.05, 0) is 55.1 Å². The van der Waals surface area contributed by atoms with Crippen molar-refractivity contribution in [3.63, 3.8) is 0 Å². The van der Waals surface area contributed by atoms with E-state index in [0.717, 1.165) is 16.3 Å². The maximum absolute atomic E-state index is 13.4. The van der Waals surface area contributed by atoms with E-state index in [9.17, 15) is 4.79 Å². The van der Waals surface area contributed by atoms with E-state index >= 15 is 0 Å². The Balaban J connectivity index is 1.44. The standard InChI is InChI=1S/C25H22ClN5OS2/c1-15-5-3-6-17(13-15)14-34-25-29-24-27-16(2)21(22(31(24)30-25)20-7-4-12-33-20)23(32)28-19-10-8-18(26)9-11-19/h3-13,22H,14H2,1-2H3,(H,28,32)(H,27,29,30)/t22-/m1/s1. The molecule has 2 aromatic carbocycles. The first-order valence-corrected chi connectivity index (χ1v) is 13.0. The zero-order valence-corrected chi connectivity index (χ0v) is 21.0. The molecular formula is C25H22ClN5OS2. The summed E-state index contributed by atoms with van der Waals surface area (Å²) in [6.07, 6.45) is 0. The van der Waals surface area contributed by atoms with Crippen LogP contribution in [0.1, 0.15) is 29.0 Å². The second-order valence-corrected chi connectivity index (χ2v) is 10.3. The lowest BCUT2D eigenvalue weighted by Crippen LogP contribution is -2.31. The normalized spacial score (nSPS) is 15.1. The molecule has 172 valence electrons. The van der Waals surface area contributed by atoms with Gasteiger partial charge in [-0.25, -0.2) is 4.68 Å². The van der Waals surface area contributed by atoms with Crippen molar-refractivity contribution in [1.29, 1.82) is 0 Å². The fourth-order valence-corrected chi connectivity index (χ4v) is 5.59. The van der Waals surface area contributed by atoms with Gasteiger partial charge in [-0.3, -0.25) is 4.79 Å². The van der Waals surface area contributed by atoms with Crippen molar-refractivity contribution in [1.82, 2.24) is 14.8 Å². The number of allylic oxidation sites excluding steroid dienone is 1. The first-order chi connectivity index (χ1) is 16.5. The Kier molecular flexibility index (Phi) is 6.45. The molecule has 0 spiro atoms. The molecule has 0 saturated carbocycles. The Bertz CT molecular complexity index is 1360. The molecule has 9 heteroatoms. The van der Waals surface area contributed by atoms with Crippen LogP contribution in [0, 0.1) is 6.92 Å². The van der Waals surface area contributed by atoms with Crippen LogP contribution in [0.3, 0.4) is 0 Å². The van der Waals surface area contributed by atoms with Crippen molar-refractivity contribution >= 4 is 52.2 Å². The molecule has 0 saturated heterocycles. The fraction of sp³-hybridized carbons (Fsp3) is 0.160. The Labute approximate surface area is 211 Å². The number of aryl methyl sites for hydroxylation is 1. The molecule has 5 rings (SSSR count). The number of nitrogens with zero attached hydrogens (tertiary/aromatic N) is 3. The number of rotatable bonds is 6. The first-order valence-electron chi connectivity index (χ1n) is 10.7. The van der Waals surface area contributed by atoms with Gasteiger partial charge in [0.2, 0.25) is 11.1 Å². The van der Waals surface area contributed by atoms with Gasteiger partial charge < -0.3 is 10.6 Å². The quantitative estimate of drug-likeness (QED) is 0.291. The minimum absolute atomic E-state index is 0.194. The SMILES string of the molecule is CC1=C(C(=O)Nc2ccc(Cl)cc2)[C@@H](c2cccs2)n2nc(SCc3cccc(C)c3)nc2N1. The summed E-state index contributed by atoms with van der Waals surface area (Å²) < 4.78 is 1.81. The topological polar surface area (TPSA) is 71.8 Å². The molecular weight excluding hydrogens is 486 g/mol. The Morgan fingerprint density at radius 3 is 2.74 bits per heavy atom. The maximum Gasteiger partial charge on any atom is 0.255 e. The molecule has 2 aromatic heterocycles. The van der Waals surface area contributed by atoms with Gasteiger partial charge in [0.05, 0.1) is 5.57 Å². The lowest BCUT2D eigenvalue weighted by Gasteiger charge is -2.27. The second-order valence-electron chi connectivity index (χ2n) is 7.98. The van der Waals surface area contributed by atoms with Gasteiger partial charge in [0.15, 0.2) is 0 Å². The van der Waals surface area contributed by atoms with Gasteiger partial charge in [0, 0.05) is 27.0 Å². The minimum atomic E-state index is -0.371. The van der Waals surface area contributed by atoms with E-state index in [4.69, 9.17) is 21.7 Å². The summed E-state index contributed by atoms with van der Waals surface area (Å²) in [5, 5.41) is 14.4. The molecule has 1 atom stereocenters. The lowest BCUT2D eigenvalue weighted by molar-refractivity contribution is -0.113. The largest absolute Gasteiger partial charge is 0.328 e. The number of halogens is 1. The number of anilines is 2. The number of carbonyl (C=O) groups is 1. The van der Waals surface area contributed by atoms with E-state index in [1.807, 2.05) is 29.1 Å². The van der Waals surface area contributed by atoms with E-state index in [1.54, 1.807) is 47.4 Å². The molecule has 1 aliphatic rings. The predicted octanol–water partition coefficient (Wildman–Crippen LogP) is 6.52. The smallest absolute Gasteiger partial charge is 0.255 e. The Hall–Kier alpha value is -3.07. The average Bonchev–Trinajstić information content (AvgIpc) is 3.48. The monoisotopic (exact) mass is 507 g/mol. The zero-order chi connectivity index (χ0) is 23.7. The van der Waals surface area contributed by atoms with E-state index < -0.39 is 0 Å². The van der Waals surface area contributed by atoms with Crippen LogP contribution < -0.4 is 10.6 Å². The predicted molar refractivity (Wildman–Crippen MR) is 140 cm³/mol. The Morgan fingerprint density at radius 1 is 1.18 bits per heavy atom. The molecule has 0 radical (unpaired) electrons. The van der Waals surface area contributed by atoms with E-state index in [-0.39, 0.29) is 11.9 Å². The van der Waals surface area contributed by atoms with Crippen LogP contribution in [0.5, 0.6) is 0 Å². The van der Waals surface area contributed by atoms with Crippen molar-refractivity contribution in [3.8, 4) is 0 Å². The Morgan fingerprint density at radius 2 is 2.00 bits per heavy atom. The first kappa shape index (κ1) is 22.7. The molecule has 34 heavy (non-hydrogen) atoms. The highest BCUT2D eigenvalue weighted by atomic mass is 35.5. The third-order valence-corrected chi connectivity index (χ3v) is 7.53. The van der Waals surface area contributed by atoms with Gasteiger partial charge in [0.1, 0.15) is 6.04 Å². The third kappa shape index (κ3) is 4.75. The molecule has 4 aromatic rings. The summed E-state index contributed by atoms with van der Waals surface area (Å²) >= 11 is 9.16. The molecule has 2 N–H and O–H groups in total. The van der Waals surface area contributed by atoms with Crippen LogP contribution >= 0.6 is 34.7 Å². The van der Waals surface area contributed by atoms with Gasteiger partial charge in [-0.15, -0.1) is 16.4 Å². The fourth-order valence-electron chi connectivity index (χ4n) is 3.88. The summed E-state index contributed by atoms with van der Waals surface area (Å²) in [6.45, 7) is 3.98. The number of fused-ring (bicyclic) bond motifs is 1. The number of hydrogen-bond donors (Lipinski definition) is 2. The van der Waals surface area contributed by atoms with E-state index in [0.29, 0.717) is 27.4 Å². The molecule has 1 amide bonds.